The topological polar surface area (TPSA) is 101 Å². The normalized spacial score (nSPS) is 22.8. The van der Waals surface area contributed by atoms with Gasteiger partial charge in [0.2, 0.25) is 5.95 Å². The van der Waals surface area contributed by atoms with E-state index in [-0.39, 0.29) is 61.9 Å². The van der Waals surface area contributed by atoms with Crippen LogP contribution in [-0.4, -0.2) is 67.7 Å². The molecule has 2 fully saturated rings. The Labute approximate surface area is 208 Å². The number of aliphatic imine (C=N–C) groups is 1. The average Bonchev–Trinajstić information content (AvgIpc) is 3.18. The molecule has 5 heterocycles. The highest BCUT2D eigenvalue weighted by molar-refractivity contribution is 6.07. The number of rotatable bonds is 6. The van der Waals surface area contributed by atoms with Crippen LogP contribution < -0.4 is 10.2 Å². The first-order chi connectivity index (χ1) is 17.7. The minimum Gasteiger partial charge on any atom is -0.326 e. The SMILES string of the molecule is O=C(Cc1cnccn1)[C@@H]1C[C@@H](F)CN1c1nc(NC2=NCC(C3(C(F)(F)F)CC3)=C2)c2cccn2n1. The van der Waals surface area contributed by atoms with Crippen LogP contribution >= 0.6 is 0 Å². The molecule has 37 heavy (non-hydrogen) atoms. The van der Waals surface area contributed by atoms with E-state index in [0.29, 0.717) is 17.0 Å². The van der Waals surface area contributed by atoms with Gasteiger partial charge >= 0.3 is 6.18 Å². The number of hydrogen-bond donors (Lipinski definition) is 1. The van der Waals surface area contributed by atoms with E-state index in [1.54, 1.807) is 18.3 Å². The van der Waals surface area contributed by atoms with Crippen LogP contribution in [0.5, 0.6) is 0 Å². The monoisotopic (exact) mass is 514 g/mol. The standard InChI is InChI=1S/C24H22F4N8O/c25-15-9-18(19(37)10-16-12-29-5-6-30-16)35(13-15)22-33-21(17-2-1-7-36(17)34-22)32-20-8-14(11-31-20)23(3-4-23)24(26,27)28/h1-2,5-8,12,15,18H,3-4,9-11,13H2,(H,31,32,33,34)/t15-,18+/m1/s1. The number of nitrogens with zero attached hydrogens (tertiary/aromatic N) is 7. The summed E-state index contributed by atoms with van der Waals surface area (Å²) in [7, 11) is 0. The van der Waals surface area contributed by atoms with Crippen molar-refractivity contribution in [1.82, 2.24) is 24.6 Å². The molecule has 2 atom stereocenters. The van der Waals surface area contributed by atoms with Gasteiger partial charge in [-0.1, -0.05) is 0 Å². The van der Waals surface area contributed by atoms with Gasteiger partial charge in [0.25, 0.3) is 0 Å². The van der Waals surface area contributed by atoms with E-state index < -0.39 is 23.8 Å². The lowest BCUT2D eigenvalue weighted by Gasteiger charge is -2.23. The Kier molecular flexibility index (Phi) is 5.46. The first-order valence-electron chi connectivity index (χ1n) is 11.9. The number of alkyl halides is 4. The number of carbonyl (C=O) groups is 1. The van der Waals surface area contributed by atoms with Gasteiger partial charge in [0.05, 0.1) is 36.7 Å². The second kappa shape index (κ2) is 8.60. The molecular weight excluding hydrogens is 492 g/mol. The maximum atomic E-state index is 14.5. The number of ketones is 1. The third kappa shape index (κ3) is 4.21. The molecule has 1 saturated heterocycles. The summed E-state index contributed by atoms with van der Waals surface area (Å²) < 4.78 is 56.7. The van der Waals surface area contributed by atoms with E-state index >= 15 is 0 Å². The molecule has 1 saturated carbocycles. The van der Waals surface area contributed by atoms with Crippen molar-refractivity contribution in [3.05, 3.63) is 54.3 Å². The summed E-state index contributed by atoms with van der Waals surface area (Å²) in [6.45, 7) is -0.103. The van der Waals surface area contributed by atoms with Crippen molar-refractivity contribution < 1.29 is 22.4 Å². The molecule has 6 rings (SSSR count). The lowest BCUT2D eigenvalue weighted by atomic mass is 9.95. The van der Waals surface area contributed by atoms with Crippen LogP contribution in [0.2, 0.25) is 0 Å². The molecule has 3 aromatic rings. The van der Waals surface area contributed by atoms with Crippen LogP contribution in [0.15, 0.2) is 53.6 Å². The number of amidine groups is 1. The zero-order valence-corrected chi connectivity index (χ0v) is 19.5. The lowest BCUT2D eigenvalue weighted by Crippen LogP contribution is -2.38. The summed E-state index contributed by atoms with van der Waals surface area (Å²) in [6, 6.07) is 2.68. The van der Waals surface area contributed by atoms with E-state index in [0.717, 1.165) is 0 Å². The minimum absolute atomic E-state index is 0.00668. The van der Waals surface area contributed by atoms with Gasteiger partial charge in [-0.25, -0.2) is 8.91 Å². The molecule has 2 aliphatic heterocycles. The van der Waals surface area contributed by atoms with Crippen molar-refractivity contribution in [3.8, 4) is 0 Å². The molecule has 0 unspecified atom stereocenters. The van der Waals surface area contributed by atoms with Crippen LogP contribution in [0.25, 0.3) is 5.52 Å². The Bertz CT molecular complexity index is 1410. The van der Waals surface area contributed by atoms with Gasteiger partial charge in [-0.15, -0.1) is 5.10 Å². The third-order valence-electron chi connectivity index (χ3n) is 7.11. The van der Waals surface area contributed by atoms with Gasteiger partial charge in [-0.2, -0.15) is 18.2 Å². The molecule has 0 bridgehead atoms. The average molecular weight is 514 g/mol. The van der Waals surface area contributed by atoms with Gasteiger partial charge in [0, 0.05) is 31.2 Å². The van der Waals surface area contributed by atoms with E-state index in [2.05, 4.69) is 30.4 Å². The zero-order valence-electron chi connectivity index (χ0n) is 19.5. The number of fused-ring (bicyclic) bond motifs is 1. The van der Waals surface area contributed by atoms with Gasteiger partial charge < -0.3 is 10.2 Å². The summed E-state index contributed by atoms with van der Waals surface area (Å²) in [5.74, 6) is 0.450. The van der Waals surface area contributed by atoms with Gasteiger partial charge in [0.15, 0.2) is 11.6 Å². The summed E-state index contributed by atoms with van der Waals surface area (Å²) in [5, 5.41) is 7.48. The Morgan fingerprint density at radius 2 is 2.08 bits per heavy atom. The van der Waals surface area contributed by atoms with E-state index in [4.69, 9.17) is 0 Å². The highest BCUT2D eigenvalue weighted by Gasteiger charge is 2.65. The first-order valence-corrected chi connectivity index (χ1v) is 11.9. The van der Waals surface area contributed by atoms with Crippen LogP contribution in [0, 0.1) is 5.41 Å². The summed E-state index contributed by atoms with van der Waals surface area (Å²) >= 11 is 0. The van der Waals surface area contributed by atoms with E-state index in [1.807, 2.05) is 0 Å². The summed E-state index contributed by atoms with van der Waals surface area (Å²) in [5.41, 5.74) is -0.516. The maximum Gasteiger partial charge on any atom is 0.398 e. The largest absolute Gasteiger partial charge is 0.398 e. The second-order valence-corrected chi connectivity index (χ2v) is 9.52. The molecule has 1 aliphatic carbocycles. The zero-order chi connectivity index (χ0) is 25.8. The fourth-order valence-electron chi connectivity index (χ4n) is 4.99. The number of hydrogen-bond acceptors (Lipinski definition) is 8. The van der Waals surface area contributed by atoms with Gasteiger partial charge in [-0.05, 0) is 36.6 Å². The van der Waals surface area contributed by atoms with Crippen molar-refractivity contribution in [2.75, 3.05) is 23.3 Å². The maximum absolute atomic E-state index is 14.5. The molecule has 3 aromatic heterocycles. The Hall–Kier alpha value is -3.90. The summed E-state index contributed by atoms with van der Waals surface area (Å²) in [4.78, 5) is 31.5. The number of nitrogens with one attached hydrogen (secondary N) is 1. The number of anilines is 2. The molecule has 1 N–H and O–H groups in total. The fourth-order valence-corrected chi connectivity index (χ4v) is 4.99. The molecule has 0 amide bonds. The predicted molar refractivity (Wildman–Crippen MR) is 126 cm³/mol. The number of Topliss-reactive ketones (excluding diaryl/α,β-unsaturated/α-hetero) is 1. The van der Waals surface area contributed by atoms with Crippen molar-refractivity contribution in [3.63, 3.8) is 0 Å². The highest BCUT2D eigenvalue weighted by Crippen LogP contribution is 2.62. The van der Waals surface area contributed by atoms with Gasteiger partial charge in [0.1, 0.15) is 17.5 Å². The lowest BCUT2D eigenvalue weighted by molar-refractivity contribution is -0.175. The Balaban J connectivity index is 1.28. The van der Waals surface area contributed by atoms with Crippen LogP contribution in [0.3, 0.4) is 0 Å². The summed E-state index contributed by atoms with van der Waals surface area (Å²) in [6.07, 6.45) is 2.13. The molecule has 3 aliphatic rings. The molecule has 192 valence electrons. The van der Waals surface area contributed by atoms with Crippen LogP contribution in [0.1, 0.15) is 25.0 Å². The molecule has 13 heteroatoms. The number of carbonyl (C=O) groups excluding carboxylic acids is 1. The van der Waals surface area contributed by atoms with Crippen molar-refractivity contribution in [2.24, 2.45) is 10.4 Å². The Morgan fingerprint density at radius 1 is 1.24 bits per heavy atom. The first kappa shape index (κ1) is 23.5. The molecule has 0 radical (unpaired) electrons. The van der Waals surface area contributed by atoms with Crippen molar-refractivity contribution >= 4 is 28.9 Å². The third-order valence-corrected chi connectivity index (χ3v) is 7.11. The molecular formula is C24H22F4N8O. The quantitative estimate of drug-likeness (QED) is 0.504. The van der Waals surface area contributed by atoms with Gasteiger partial charge in [-0.3, -0.25) is 19.8 Å². The number of aromatic nitrogens is 5. The smallest absolute Gasteiger partial charge is 0.326 e. The van der Waals surface area contributed by atoms with E-state index in [9.17, 15) is 22.4 Å². The van der Waals surface area contributed by atoms with Crippen LogP contribution in [0.4, 0.5) is 29.3 Å². The van der Waals surface area contributed by atoms with Crippen LogP contribution in [-0.2, 0) is 11.2 Å². The molecule has 9 nitrogen and oxygen atoms in total. The Morgan fingerprint density at radius 3 is 2.81 bits per heavy atom. The number of halogens is 4. The fraction of sp³-hybridized carbons (Fsp3) is 0.417. The predicted octanol–water partition coefficient (Wildman–Crippen LogP) is 3.34. The highest BCUT2D eigenvalue weighted by atomic mass is 19.4. The minimum atomic E-state index is -4.31. The van der Waals surface area contributed by atoms with E-state index in [1.165, 1.54) is 34.1 Å². The van der Waals surface area contributed by atoms with Crippen molar-refractivity contribution in [1.29, 1.82) is 0 Å². The molecule has 0 spiro atoms. The second-order valence-electron chi connectivity index (χ2n) is 9.52. The van der Waals surface area contributed by atoms with Crippen molar-refractivity contribution in [2.45, 2.75) is 44.1 Å². The molecule has 0 aromatic carbocycles.